The second-order valence-corrected chi connectivity index (χ2v) is 5.68. The Labute approximate surface area is 112 Å². The summed E-state index contributed by atoms with van der Waals surface area (Å²) in [6.07, 6.45) is 8.59. The molecule has 0 heterocycles. The molecule has 1 aromatic rings. The fourth-order valence-electron chi connectivity index (χ4n) is 2.58. The van der Waals surface area contributed by atoms with Crippen molar-refractivity contribution in [2.75, 3.05) is 6.61 Å². The first kappa shape index (κ1) is 12.8. The molecule has 2 heteroatoms. The summed E-state index contributed by atoms with van der Waals surface area (Å²) in [6, 6.07) is 8.24. The van der Waals surface area contributed by atoms with Crippen molar-refractivity contribution in [3.63, 3.8) is 0 Å². The third kappa shape index (κ3) is 3.68. The lowest BCUT2D eigenvalue weighted by Crippen LogP contribution is -2.11. The van der Waals surface area contributed by atoms with E-state index in [0.29, 0.717) is 5.92 Å². The van der Waals surface area contributed by atoms with Crippen LogP contribution in [0.3, 0.4) is 0 Å². The van der Waals surface area contributed by atoms with E-state index in [2.05, 4.69) is 34.1 Å². The van der Waals surface area contributed by atoms with Gasteiger partial charge in [-0.1, -0.05) is 53.4 Å². The Balaban J connectivity index is 2.16. The zero-order chi connectivity index (χ0) is 12.1. The molecule has 92 valence electrons. The van der Waals surface area contributed by atoms with Crippen LogP contribution in [0.4, 0.5) is 0 Å². The van der Waals surface area contributed by atoms with Crippen LogP contribution in [-0.4, -0.2) is 11.7 Å². The monoisotopic (exact) mass is 294 g/mol. The molecule has 2 rings (SSSR count). The van der Waals surface area contributed by atoms with Crippen molar-refractivity contribution in [3.05, 3.63) is 39.9 Å². The molecule has 0 aliphatic heterocycles. The fourth-order valence-corrected chi connectivity index (χ4v) is 2.99. The second kappa shape index (κ2) is 6.36. The molecule has 17 heavy (non-hydrogen) atoms. The summed E-state index contributed by atoms with van der Waals surface area (Å²) < 4.78 is 1.09. The molecule has 1 nitrogen and oxygen atoms in total. The highest BCUT2D eigenvalue weighted by atomic mass is 79.9. The van der Waals surface area contributed by atoms with Crippen LogP contribution in [0.2, 0.25) is 0 Å². The van der Waals surface area contributed by atoms with Crippen molar-refractivity contribution in [2.45, 2.75) is 32.1 Å². The van der Waals surface area contributed by atoms with Crippen LogP contribution in [0.5, 0.6) is 0 Å². The lowest BCUT2D eigenvalue weighted by molar-refractivity contribution is 0.295. The van der Waals surface area contributed by atoms with Gasteiger partial charge in [0.15, 0.2) is 0 Å². The summed E-state index contributed by atoms with van der Waals surface area (Å²) >= 11 is 3.48. The van der Waals surface area contributed by atoms with Gasteiger partial charge in [-0.25, -0.2) is 0 Å². The van der Waals surface area contributed by atoms with E-state index in [1.807, 2.05) is 12.1 Å². The maximum atomic E-state index is 9.53. The van der Waals surface area contributed by atoms with Gasteiger partial charge in [-0.15, -0.1) is 0 Å². The predicted octanol–water partition coefficient (Wildman–Crippen LogP) is 4.41. The zero-order valence-corrected chi connectivity index (χ0v) is 11.6. The molecule has 0 bridgehead atoms. The van der Waals surface area contributed by atoms with Crippen molar-refractivity contribution in [2.24, 2.45) is 5.92 Å². The van der Waals surface area contributed by atoms with Crippen molar-refractivity contribution in [1.29, 1.82) is 0 Å². The largest absolute Gasteiger partial charge is 0.392 e. The standard InChI is InChI=1S/C15H19BrO/c16-15-8-4-5-12(10-15)9-14(11-17)13-6-2-1-3-7-13/h4-5,8-10,13,17H,1-3,6-7,11H2. The number of aliphatic hydroxyl groups is 1. The van der Waals surface area contributed by atoms with Crippen LogP contribution in [0.25, 0.3) is 6.08 Å². The Morgan fingerprint density at radius 1 is 1.29 bits per heavy atom. The van der Waals surface area contributed by atoms with Crippen molar-refractivity contribution < 1.29 is 5.11 Å². The van der Waals surface area contributed by atoms with Crippen LogP contribution in [-0.2, 0) is 0 Å². The molecule has 0 spiro atoms. The fraction of sp³-hybridized carbons (Fsp3) is 0.467. The maximum absolute atomic E-state index is 9.53. The first-order valence-corrected chi connectivity index (χ1v) is 7.16. The molecule has 0 unspecified atom stereocenters. The minimum absolute atomic E-state index is 0.192. The average Bonchev–Trinajstić information content (AvgIpc) is 2.37. The van der Waals surface area contributed by atoms with Crippen molar-refractivity contribution in [3.8, 4) is 0 Å². The Morgan fingerprint density at radius 3 is 2.71 bits per heavy atom. The summed E-state index contributed by atoms with van der Waals surface area (Å²) in [7, 11) is 0. The summed E-state index contributed by atoms with van der Waals surface area (Å²) in [5.41, 5.74) is 2.37. The summed E-state index contributed by atoms with van der Waals surface area (Å²) in [5.74, 6) is 0.590. The van der Waals surface area contributed by atoms with Gasteiger partial charge in [0.25, 0.3) is 0 Å². The van der Waals surface area contributed by atoms with E-state index in [0.717, 1.165) is 4.47 Å². The highest BCUT2D eigenvalue weighted by Gasteiger charge is 2.17. The number of aliphatic hydroxyl groups excluding tert-OH is 1. The van der Waals surface area contributed by atoms with Crippen molar-refractivity contribution >= 4 is 22.0 Å². The normalized spacial score (nSPS) is 18.4. The lowest BCUT2D eigenvalue weighted by atomic mass is 9.83. The van der Waals surface area contributed by atoms with Crippen molar-refractivity contribution in [1.82, 2.24) is 0 Å². The highest BCUT2D eigenvalue weighted by Crippen LogP contribution is 2.30. The molecular formula is C15H19BrO. The highest BCUT2D eigenvalue weighted by molar-refractivity contribution is 9.10. The van der Waals surface area contributed by atoms with Gasteiger partial charge in [0.05, 0.1) is 6.61 Å². The van der Waals surface area contributed by atoms with E-state index < -0.39 is 0 Å². The van der Waals surface area contributed by atoms with Gasteiger partial charge in [0.1, 0.15) is 0 Å². The average molecular weight is 295 g/mol. The molecule has 1 aliphatic carbocycles. The Morgan fingerprint density at radius 2 is 2.06 bits per heavy atom. The molecule has 0 atom stereocenters. The van der Waals surface area contributed by atoms with E-state index in [9.17, 15) is 5.11 Å². The first-order chi connectivity index (χ1) is 8.29. The molecule has 1 fully saturated rings. The van der Waals surface area contributed by atoms with E-state index in [-0.39, 0.29) is 6.61 Å². The van der Waals surface area contributed by atoms with E-state index in [4.69, 9.17) is 0 Å². The van der Waals surface area contributed by atoms with Gasteiger partial charge >= 0.3 is 0 Å². The first-order valence-electron chi connectivity index (χ1n) is 6.36. The summed E-state index contributed by atoms with van der Waals surface area (Å²) in [6.45, 7) is 0.192. The number of halogens is 1. The van der Waals surface area contributed by atoms with Gasteiger partial charge in [0, 0.05) is 4.47 Å². The van der Waals surface area contributed by atoms with Crippen LogP contribution in [0.1, 0.15) is 37.7 Å². The Bertz CT molecular complexity index is 392. The van der Waals surface area contributed by atoms with E-state index in [1.54, 1.807) is 0 Å². The Hall–Kier alpha value is -0.600. The molecule has 0 amide bonds. The third-order valence-electron chi connectivity index (χ3n) is 3.51. The maximum Gasteiger partial charge on any atom is 0.0647 e. The molecule has 0 radical (unpaired) electrons. The topological polar surface area (TPSA) is 20.2 Å². The van der Waals surface area contributed by atoms with Gasteiger partial charge in [-0.05, 0) is 42.0 Å². The number of hydrogen-bond donors (Lipinski definition) is 1. The second-order valence-electron chi connectivity index (χ2n) is 4.77. The van der Waals surface area contributed by atoms with E-state index >= 15 is 0 Å². The summed E-state index contributed by atoms with van der Waals surface area (Å²) in [4.78, 5) is 0. The van der Waals surface area contributed by atoms with Crippen LogP contribution >= 0.6 is 15.9 Å². The molecular weight excluding hydrogens is 276 g/mol. The lowest BCUT2D eigenvalue weighted by Gasteiger charge is -2.23. The molecule has 1 saturated carbocycles. The Kier molecular flexibility index (Phi) is 4.81. The molecule has 1 N–H and O–H groups in total. The van der Waals surface area contributed by atoms with Gasteiger partial charge in [-0.3, -0.25) is 0 Å². The number of benzene rings is 1. The van der Waals surface area contributed by atoms with Crippen LogP contribution in [0, 0.1) is 5.92 Å². The SMILES string of the molecule is OCC(=Cc1cccc(Br)c1)C1CCCCC1. The van der Waals surface area contributed by atoms with E-state index in [1.165, 1.54) is 43.2 Å². The van der Waals surface area contributed by atoms with Gasteiger partial charge < -0.3 is 5.11 Å². The molecule has 1 aliphatic rings. The molecule has 0 aromatic heterocycles. The summed E-state index contributed by atoms with van der Waals surface area (Å²) in [5, 5.41) is 9.53. The van der Waals surface area contributed by atoms with Crippen LogP contribution < -0.4 is 0 Å². The molecule has 1 aromatic carbocycles. The van der Waals surface area contributed by atoms with Crippen LogP contribution in [0.15, 0.2) is 34.3 Å². The number of hydrogen-bond acceptors (Lipinski definition) is 1. The quantitative estimate of drug-likeness (QED) is 0.876. The minimum Gasteiger partial charge on any atom is -0.392 e. The predicted molar refractivity (Wildman–Crippen MR) is 75.8 cm³/mol. The third-order valence-corrected chi connectivity index (χ3v) is 4.01. The number of rotatable bonds is 3. The van der Waals surface area contributed by atoms with Gasteiger partial charge in [0.2, 0.25) is 0 Å². The smallest absolute Gasteiger partial charge is 0.0647 e. The zero-order valence-electron chi connectivity index (χ0n) is 10.0. The van der Waals surface area contributed by atoms with Gasteiger partial charge in [-0.2, -0.15) is 0 Å². The molecule has 0 saturated heterocycles. The minimum atomic E-state index is 0.192.